The van der Waals surface area contributed by atoms with Crippen LogP contribution in [0.25, 0.3) is 22.0 Å². The molecular formula is C32H34ClF2N5O4S. The molecule has 238 valence electrons. The number of nitrogens with one attached hydrogen (secondary N) is 2. The molecule has 2 aromatic heterocycles. The van der Waals surface area contributed by atoms with Crippen molar-refractivity contribution in [3.05, 3.63) is 76.1 Å². The number of fused-ring (bicyclic) bond motifs is 1. The van der Waals surface area contributed by atoms with Gasteiger partial charge in [0.1, 0.15) is 39.5 Å². The Morgan fingerprint density at radius 3 is 2.36 bits per heavy atom. The third-order valence-corrected chi connectivity index (χ3v) is 7.07. The summed E-state index contributed by atoms with van der Waals surface area (Å²) in [5.41, 5.74) is 0.377. The van der Waals surface area contributed by atoms with Gasteiger partial charge in [-0.25, -0.2) is 22.8 Å². The Labute approximate surface area is 267 Å². The van der Waals surface area contributed by atoms with Crippen LogP contribution in [0.4, 0.5) is 19.4 Å². The van der Waals surface area contributed by atoms with Crippen molar-refractivity contribution in [3.8, 4) is 23.0 Å². The molecular weight excluding hydrogens is 624 g/mol. The number of nitrogens with zero attached hydrogens (tertiary/aromatic N) is 3. The fraction of sp³-hybridized carbons (Fsp3) is 0.344. The van der Waals surface area contributed by atoms with Gasteiger partial charge in [-0.05, 0) is 82.9 Å². The number of pyridine rings is 1. The summed E-state index contributed by atoms with van der Waals surface area (Å²) in [5.74, 6) is 4.34. The Morgan fingerprint density at radius 2 is 1.76 bits per heavy atom. The number of carbonyl (C=O) groups excluding carboxylic acids is 1. The normalized spacial score (nSPS) is 13.1. The van der Waals surface area contributed by atoms with E-state index in [-0.39, 0.29) is 17.7 Å². The zero-order valence-corrected chi connectivity index (χ0v) is 27.5. The third-order valence-electron chi connectivity index (χ3n) is 6.27. The van der Waals surface area contributed by atoms with Crippen molar-refractivity contribution in [1.29, 1.82) is 0 Å². The number of ether oxygens (including phenoxy) is 1. The lowest BCUT2D eigenvalue weighted by molar-refractivity contribution is 0.0502. The molecule has 2 heterocycles. The van der Waals surface area contributed by atoms with Crippen molar-refractivity contribution in [2.24, 2.45) is 7.05 Å². The van der Waals surface area contributed by atoms with Crippen molar-refractivity contribution in [2.45, 2.75) is 58.3 Å². The summed E-state index contributed by atoms with van der Waals surface area (Å²) in [7, 11) is 0.262. The van der Waals surface area contributed by atoms with Gasteiger partial charge in [-0.15, -0.1) is 0 Å². The van der Waals surface area contributed by atoms with Crippen LogP contribution in [0.3, 0.4) is 0 Å². The summed E-state index contributed by atoms with van der Waals surface area (Å²) in [4.78, 5) is 17.9. The Morgan fingerprint density at radius 1 is 1.11 bits per heavy atom. The number of aryl methyl sites for hydroxylation is 1. The minimum Gasteiger partial charge on any atom is -0.444 e. The number of hydrogen-bond acceptors (Lipinski definition) is 6. The molecule has 13 heteroatoms. The highest BCUT2D eigenvalue weighted by atomic mass is 35.5. The zero-order valence-electron chi connectivity index (χ0n) is 25.9. The second-order valence-corrected chi connectivity index (χ2v) is 13.5. The second kappa shape index (κ2) is 13.1. The summed E-state index contributed by atoms with van der Waals surface area (Å²) < 4.78 is 50.5. The van der Waals surface area contributed by atoms with Crippen molar-refractivity contribution in [2.75, 3.05) is 11.0 Å². The van der Waals surface area contributed by atoms with Crippen molar-refractivity contribution >= 4 is 45.4 Å². The molecule has 2 aromatic carbocycles. The number of alkyl carbamates (subject to hydrolysis) is 1. The van der Waals surface area contributed by atoms with Crippen LogP contribution in [0.5, 0.6) is 0 Å². The number of hydrogen-bond donors (Lipinski definition) is 3. The zero-order chi connectivity index (χ0) is 33.3. The molecule has 0 saturated carbocycles. The summed E-state index contributed by atoms with van der Waals surface area (Å²) in [6.45, 7) is 8.19. The standard InChI is InChI=1S/C32H34ClF2N5O4S/c1-31(2,3)44-30(41)37-25(16-18-14-19(34)17-20(35)15-18)27-22(9-8-21(36-27)12-13-32(4,5)42)23-10-11-24(33)26-28(23)40(6)38-29(26)39-45(7)43/h8-11,14-15,17,25,42H,16H2,1-7H3,(H,37,41)(H,38,39). The molecule has 4 rings (SSSR count). The number of aliphatic hydroxyl groups is 1. The van der Waals surface area contributed by atoms with Gasteiger partial charge >= 0.3 is 6.09 Å². The largest absolute Gasteiger partial charge is 0.444 e. The molecule has 0 aliphatic heterocycles. The molecule has 1 amide bonds. The number of amides is 1. The minimum absolute atomic E-state index is 0.0694. The smallest absolute Gasteiger partial charge is 0.408 e. The number of halogens is 3. The number of aromatic nitrogens is 3. The molecule has 0 spiro atoms. The van der Waals surface area contributed by atoms with E-state index >= 15 is 0 Å². The van der Waals surface area contributed by atoms with Crippen molar-refractivity contribution in [1.82, 2.24) is 20.1 Å². The fourth-order valence-corrected chi connectivity index (χ4v) is 5.35. The molecule has 0 aliphatic carbocycles. The number of benzene rings is 2. The predicted molar refractivity (Wildman–Crippen MR) is 172 cm³/mol. The second-order valence-electron chi connectivity index (χ2n) is 12.0. The first-order chi connectivity index (χ1) is 20.9. The Kier molecular flexibility index (Phi) is 9.87. The van der Waals surface area contributed by atoms with Crippen LogP contribution in [0.1, 0.15) is 57.6 Å². The number of carbonyl (C=O) groups is 1. The van der Waals surface area contributed by atoms with Gasteiger partial charge in [-0.3, -0.25) is 9.40 Å². The molecule has 0 fully saturated rings. The average Bonchev–Trinajstić information content (AvgIpc) is 3.21. The lowest BCUT2D eigenvalue weighted by Gasteiger charge is -2.25. The Hall–Kier alpha value is -4.05. The van der Waals surface area contributed by atoms with E-state index in [9.17, 15) is 22.9 Å². The summed E-state index contributed by atoms with van der Waals surface area (Å²) in [6.07, 6.45) is 0.624. The maximum Gasteiger partial charge on any atom is 0.408 e. The van der Waals surface area contributed by atoms with E-state index in [1.807, 2.05) is 0 Å². The van der Waals surface area contributed by atoms with Gasteiger partial charge in [0.25, 0.3) is 0 Å². The molecule has 45 heavy (non-hydrogen) atoms. The van der Waals surface area contributed by atoms with Gasteiger partial charge in [0.2, 0.25) is 0 Å². The molecule has 0 radical (unpaired) electrons. The van der Waals surface area contributed by atoms with Gasteiger partial charge in [-0.2, -0.15) is 5.10 Å². The van der Waals surface area contributed by atoms with Gasteiger partial charge < -0.3 is 15.2 Å². The van der Waals surface area contributed by atoms with Crippen LogP contribution >= 0.6 is 11.6 Å². The fourth-order valence-electron chi connectivity index (χ4n) is 4.69. The molecule has 2 atom stereocenters. The van der Waals surface area contributed by atoms with E-state index in [2.05, 4.69) is 27.0 Å². The lowest BCUT2D eigenvalue weighted by Crippen LogP contribution is -2.36. The molecule has 4 aromatic rings. The van der Waals surface area contributed by atoms with Crippen molar-refractivity contribution in [3.63, 3.8) is 0 Å². The van der Waals surface area contributed by atoms with Crippen LogP contribution in [0.15, 0.2) is 42.5 Å². The first kappa shape index (κ1) is 33.8. The highest BCUT2D eigenvalue weighted by Gasteiger charge is 2.27. The first-order valence-corrected chi connectivity index (χ1v) is 15.8. The summed E-state index contributed by atoms with van der Waals surface area (Å²) >= 11 is 6.60. The topological polar surface area (TPSA) is 118 Å². The van der Waals surface area contributed by atoms with Gasteiger partial charge in [-0.1, -0.05) is 23.6 Å². The SMILES string of the molecule is Cn1nc(NS(C)=O)c2c(Cl)ccc(-c3ccc(C#CC(C)(C)O)nc3C(Cc3cc(F)cc(F)c3)NC(=O)OC(C)(C)C)c21. The van der Waals surface area contributed by atoms with Crippen LogP contribution in [0.2, 0.25) is 5.02 Å². The van der Waals surface area contributed by atoms with Crippen LogP contribution < -0.4 is 10.0 Å². The highest BCUT2D eigenvalue weighted by molar-refractivity contribution is 7.85. The van der Waals surface area contributed by atoms with Gasteiger partial charge in [0.05, 0.1) is 27.7 Å². The molecule has 2 unspecified atom stereocenters. The monoisotopic (exact) mass is 657 g/mol. The van der Waals surface area contributed by atoms with Crippen LogP contribution in [-0.2, 0) is 29.2 Å². The summed E-state index contributed by atoms with van der Waals surface area (Å²) in [5, 5.41) is 18.4. The minimum atomic E-state index is -1.44. The van der Waals surface area contributed by atoms with Crippen molar-refractivity contribution < 1.29 is 27.6 Å². The molecule has 0 aliphatic rings. The Bertz CT molecular complexity index is 1830. The molecule has 3 N–H and O–H groups in total. The maximum atomic E-state index is 14.3. The lowest BCUT2D eigenvalue weighted by atomic mass is 9.94. The van der Waals surface area contributed by atoms with Gasteiger partial charge in [0, 0.05) is 30.5 Å². The number of rotatable bonds is 7. The predicted octanol–water partition coefficient (Wildman–Crippen LogP) is 6.20. The number of anilines is 1. The summed E-state index contributed by atoms with van der Waals surface area (Å²) in [6, 6.07) is 8.96. The maximum absolute atomic E-state index is 14.3. The molecule has 0 bridgehead atoms. The van der Waals surface area contributed by atoms with Gasteiger partial charge in [0.15, 0.2) is 5.82 Å². The Balaban J connectivity index is 2.00. The van der Waals surface area contributed by atoms with E-state index < -0.39 is 46.0 Å². The van der Waals surface area contributed by atoms with E-state index in [1.165, 1.54) is 32.2 Å². The van der Waals surface area contributed by atoms with E-state index in [4.69, 9.17) is 21.3 Å². The quantitative estimate of drug-likeness (QED) is 0.204. The van der Waals surface area contributed by atoms with E-state index in [1.54, 1.807) is 56.8 Å². The van der Waals surface area contributed by atoms with E-state index in [0.717, 1.165) is 6.07 Å². The third kappa shape index (κ3) is 8.78. The first-order valence-electron chi connectivity index (χ1n) is 13.9. The molecule has 9 nitrogen and oxygen atoms in total. The average molecular weight is 658 g/mol. The van der Waals surface area contributed by atoms with E-state index in [0.29, 0.717) is 38.6 Å². The van der Waals surface area contributed by atoms with Crippen LogP contribution in [0, 0.1) is 23.5 Å². The van der Waals surface area contributed by atoms with Crippen LogP contribution in [-0.4, -0.2) is 47.6 Å². The highest BCUT2D eigenvalue weighted by Crippen LogP contribution is 2.39. The molecule has 0 saturated heterocycles.